The zero-order chi connectivity index (χ0) is 22.5. The van der Waals surface area contributed by atoms with Crippen molar-refractivity contribution in [1.82, 2.24) is 20.3 Å². The number of carbonyl (C=O) groups is 2. The van der Waals surface area contributed by atoms with E-state index in [0.29, 0.717) is 35.0 Å². The molecule has 0 fully saturated rings. The summed E-state index contributed by atoms with van der Waals surface area (Å²) in [4.78, 5) is 29.1. The van der Waals surface area contributed by atoms with E-state index >= 15 is 0 Å². The third-order valence-corrected chi connectivity index (χ3v) is 5.58. The maximum atomic E-state index is 12.7. The van der Waals surface area contributed by atoms with Gasteiger partial charge >= 0.3 is 0 Å². The quantitative estimate of drug-likeness (QED) is 0.420. The molecule has 0 aliphatic heterocycles. The van der Waals surface area contributed by atoms with Crippen molar-refractivity contribution in [3.05, 3.63) is 76.2 Å². The lowest BCUT2D eigenvalue weighted by Gasteiger charge is -2.13. The molecule has 32 heavy (non-hydrogen) atoms. The number of hydrogen-bond donors (Lipinski definition) is 2. The first-order valence-electron chi connectivity index (χ1n) is 10.5. The standard InChI is InChI=1S/C23H24ClN5O3/c1-15-20-18(27-28-22(30)16-5-2-6-17(24)13-16)7-3-8-19(20)32-21(15)23(31)26-9-4-11-29-12-10-25-14-29/h2,5-6,10,12-14H,3-4,7-9,11H2,1H3,(H,26,31)(H,28,30)/b27-18+. The van der Waals surface area contributed by atoms with E-state index in [-0.39, 0.29) is 11.8 Å². The Bertz CT molecular complexity index is 1150. The predicted octanol–water partition coefficient (Wildman–Crippen LogP) is 3.73. The Morgan fingerprint density at radius 1 is 1.28 bits per heavy atom. The zero-order valence-electron chi connectivity index (χ0n) is 17.7. The lowest BCUT2D eigenvalue weighted by molar-refractivity contribution is 0.0920. The van der Waals surface area contributed by atoms with Gasteiger partial charge in [-0.05, 0) is 44.4 Å². The van der Waals surface area contributed by atoms with Crippen LogP contribution < -0.4 is 10.7 Å². The number of aryl methyl sites for hydroxylation is 2. The molecule has 1 aromatic carbocycles. The molecule has 2 N–H and O–H groups in total. The van der Waals surface area contributed by atoms with Crippen molar-refractivity contribution >= 4 is 29.1 Å². The largest absolute Gasteiger partial charge is 0.455 e. The van der Waals surface area contributed by atoms with E-state index in [1.165, 1.54) is 0 Å². The summed E-state index contributed by atoms with van der Waals surface area (Å²) in [7, 11) is 0. The molecule has 166 valence electrons. The topological polar surface area (TPSA) is 102 Å². The fraction of sp³-hybridized carbons (Fsp3) is 0.304. The van der Waals surface area contributed by atoms with Gasteiger partial charge in [-0.15, -0.1) is 0 Å². The molecule has 1 aliphatic carbocycles. The van der Waals surface area contributed by atoms with Gasteiger partial charge in [-0.1, -0.05) is 17.7 Å². The fourth-order valence-electron chi connectivity index (χ4n) is 3.77. The SMILES string of the molecule is Cc1c(C(=O)NCCCn2ccnc2)oc2c1/C(=N/NC(=O)c1cccc(Cl)c1)CCC2. The molecule has 0 saturated carbocycles. The minimum Gasteiger partial charge on any atom is -0.455 e. The molecule has 0 bridgehead atoms. The number of hydrazone groups is 1. The number of halogens is 1. The maximum Gasteiger partial charge on any atom is 0.287 e. The van der Waals surface area contributed by atoms with Crippen LogP contribution in [0.5, 0.6) is 0 Å². The van der Waals surface area contributed by atoms with Crippen LogP contribution in [0.25, 0.3) is 0 Å². The van der Waals surface area contributed by atoms with Crippen LogP contribution in [0.1, 0.15) is 57.1 Å². The van der Waals surface area contributed by atoms with Gasteiger partial charge in [0.05, 0.1) is 12.0 Å². The Kier molecular flexibility index (Phi) is 6.70. The molecule has 1 aliphatic rings. The summed E-state index contributed by atoms with van der Waals surface area (Å²) >= 11 is 5.96. The number of furan rings is 1. The second-order valence-corrected chi connectivity index (χ2v) is 8.06. The third kappa shape index (κ3) is 4.91. The van der Waals surface area contributed by atoms with E-state index < -0.39 is 0 Å². The van der Waals surface area contributed by atoms with Crippen molar-refractivity contribution in [1.29, 1.82) is 0 Å². The van der Waals surface area contributed by atoms with E-state index in [1.54, 1.807) is 36.8 Å². The number of nitrogens with zero attached hydrogens (tertiary/aromatic N) is 3. The smallest absolute Gasteiger partial charge is 0.287 e. The summed E-state index contributed by atoms with van der Waals surface area (Å²) < 4.78 is 7.86. The van der Waals surface area contributed by atoms with Gasteiger partial charge < -0.3 is 14.3 Å². The van der Waals surface area contributed by atoms with Gasteiger partial charge in [0.1, 0.15) is 5.76 Å². The van der Waals surface area contributed by atoms with Crippen LogP contribution in [0.4, 0.5) is 0 Å². The van der Waals surface area contributed by atoms with Crippen LogP contribution in [-0.4, -0.2) is 33.6 Å². The molecule has 0 spiro atoms. The van der Waals surface area contributed by atoms with Gasteiger partial charge in [0.25, 0.3) is 11.8 Å². The minimum absolute atomic E-state index is 0.246. The molecule has 0 saturated heterocycles. The van der Waals surface area contributed by atoms with Crippen LogP contribution in [0.15, 0.2) is 52.5 Å². The molecule has 0 radical (unpaired) electrons. The van der Waals surface area contributed by atoms with E-state index in [2.05, 4.69) is 20.8 Å². The lowest BCUT2D eigenvalue weighted by atomic mass is 9.93. The van der Waals surface area contributed by atoms with E-state index in [1.807, 2.05) is 17.7 Å². The van der Waals surface area contributed by atoms with Crippen LogP contribution in [0, 0.1) is 6.92 Å². The highest BCUT2D eigenvalue weighted by molar-refractivity contribution is 6.31. The molecule has 9 heteroatoms. The first kappa shape index (κ1) is 21.8. The molecule has 0 atom stereocenters. The number of hydrogen-bond acceptors (Lipinski definition) is 5. The van der Waals surface area contributed by atoms with Crippen molar-refractivity contribution in [2.45, 2.75) is 39.2 Å². The molecule has 2 amide bonds. The maximum absolute atomic E-state index is 12.7. The highest BCUT2D eigenvalue weighted by atomic mass is 35.5. The number of rotatable bonds is 7. The average Bonchev–Trinajstić information content (AvgIpc) is 3.43. The molecule has 8 nitrogen and oxygen atoms in total. The summed E-state index contributed by atoms with van der Waals surface area (Å²) in [5, 5.41) is 7.74. The number of fused-ring (bicyclic) bond motifs is 1. The lowest BCUT2D eigenvalue weighted by Crippen LogP contribution is -2.25. The fourth-order valence-corrected chi connectivity index (χ4v) is 3.96. The second kappa shape index (κ2) is 9.82. The summed E-state index contributed by atoms with van der Waals surface area (Å²) in [6.07, 6.45) is 8.39. The number of imidazole rings is 1. The van der Waals surface area contributed by atoms with E-state index in [4.69, 9.17) is 16.0 Å². The Morgan fingerprint density at radius 2 is 2.16 bits per heavy atom. The second-order valence-electron chi connectivity index (χ2n) is 7.63. The first-order chi connectivity index (χ1) is 15.5. The van der Waals surface area contributed by atoms with E-state index in [9.17, 15) is 9.59 Å². The molecule has 4 rings (SSSR count). The molecular formula is C23H24ClN5O3. The molecule has 3 aromatic rings. The average molecular weight is 454 g/mol. The third-order valence-electron chi connectivity index (χ3n) is 5.35. The Balaban J connectivity index is 1.43. The van der Waals surface area contributed by atoms with Gasteiger partial charge in [0.15, 0.2) is 5.76 Å². The van der Waals surface area contributed by atoms with Gasteiger partial charge in [0.2, 0.25) is 0 Å². The highest BCUT2D eigenvalue weighted by Gasteiger charge is 2.28. The van der Waals surface area contributed by atoms with Gasteiger partial charge in [-0.3, -0.25) is 9.59 Å². The number of benzene rings is 1. The van der Waals surface area contributed by atoms with Crippen molar-refractivity contribution in [3.63, 3.8) is 0 Å². The molecule has 2 heterocycles. The Morgan fingerprint density at radius 3 is 2.94 bits per heavy atom. The monoisotopic (exact) mass is 453 g/mol. The predicted molar refractivity (Wildman–Crippen MR) is 121 cm³/mol. The zero-order valence-corrected chi connectivity index (χ0v) is 18.5. The summed E-state index contributed by atoms with van der Waals surface area (Å²) in [6, 6.07) is 6.67. The Hall–Kier alpha value is -3.39. The number of aromatic nitrogens is 2. The highest BCUT2D eigenvalue weighted by Crippen LogP contribution is 2.29. The normalized spacial score (nSPS) is 14.2. The van der Waals surface area contributed by atoms with Crippen molar-refractivity contribution in [3.8, 4) is 0 Å². The molecule has 0 unspecified atom stereocenters. The van der Waals surface area contributed by atoms with Gasteiger partial charge in [-0.2, -0.15) is 5.10 Å². The molecule has 2 aromatic heterocycles. The van der Waals surface area contributed by atoms with Crippen molar-refractivity contribution < 1.29 is 14.0 Å². The number of nitrogens with one attached hydrogen (secondary N) is 2. The Labute approximate surface area is 190 Å². The van der Waals surface area contributed by atoms with Crippen molar-refractivity contribution in [2.24, 2.45) is 5.10 Å². The molecular weight excluding hydrogens is 430 g/mol. The first-order valence-corrected chi connectivity index (χ1v) is 10.9. The number of carbonyl (C=O) groups excluding carboxylic acids is 2. The van der Waals surface area contributed by atoms with Gasteiger partial charge in [0, 0.05) is 53.6 Å². The summed E-state index contributed by atoms with van der Waals surface area (Å²) in [6.45, 7) is 3.15. The summed E-state index contributed by atoms with van der Waals surface area (Å²) in [5.74, 6) is 0.440. The summed E-state index contributed by atoms with van der Waals surface area (Å²) in [5.41, 5.74) is 5.29. The van der Waals surface area contributed by atoms with Crippen LogP contribution in [0.2, 0.25) is 5.02 Å². The van der Waals surface area contributed by atoms with Crippen LogP contribution in [0.3, 0.4) is 0 Å². The van der Waals surface area contributed by atoms with Gasteiger partial charge in [-0.25, -0.2) is 10.4 Å². The van der Waals surface area contributed by atoms with Crippen molar-refractivity contribution in [2.75, 3.05) is 6.54 Å². The number of amides is 2. The van der Waals surface area contributed by atoms with Crippen LogP contribution in [-0.2, 0) is 13.0 Å². The van der Waals surface area contributed by atoms with Crippen LogP contribution >= 0.6 is 11.6 Å². The van der Waals surface area contributed by atoms with E-state index in [0.717, 1.165) is 42.7 Å². The minimum atomic E-state index is -0.343.